The molecule has 0 unspecified atom stereocenters. The first-order valence-electron chi connectivity index (χ1n) is 7.98. The van der Waals surface area contributed by atoms with Gasteiger partial charge in [-0.05, 0) is 25.0 Å². The highest BCUT2D eigenvalue weighted by molar-refractivity contribution is 7.99. The van der Waals surface area contributed by atoms with Crippen molar-refractivity contribution < 1.29 is 9.32 Å². The molecule has 0 atom stereocenters. The Hall–Kier alpha value is -1.82. The number of nitrogens with zero attached hydrogens (tertiary/aromatic N) is 2. The van der Waals surface area contributed by atoms with Crippen molar-refractivity contribution in [1.29, 1.82) is 0 Å². The Bertz CT molecular complexity index is 651. The lowest BCUT2D eigenvalue weighted by Crippen LogP contribution is -2.44. The Morgan fingerprint density at radius 3 is 2.70 bits per heavy atom. The first-order valence-corrected chi connectivity index (χ1v) is 8.96. The number of hydrogen-bond acceptors (Lipinski definition) is 5. The molecule has 0 radical (unpaired) electrons. The van der Waals surface area contributed by atoms with Gasteiger partial charge in [-0.1, -0.05) is 36.2 Å². The molecule has 23 heavy (non-hydrogen) atoms. The lowest BCUT2D eigenvalue weighted by atomic mass is 9.96. The molecule has 1 heterocycles. The summed E-state index contributed by atoms with van der Waals surface area (Å²) in [6.07, 6.45) is 4.39. The van der Waals surface area contributed by atoms with E-state index in [1.54, 1.807) is 18.7 Å². The van der Waals surface area contributed by atoms with Crippen LogP contribution in [0.25, 0.3) is 0 Å². The molecule has 1 aromatic carbocycles. The van der Waals surface area contributed by atoms with Crippen LogP contribution in [0.5, 0.6) is 0 Å². The zero-order valence-corrected chi connectivity index (χ0v) is 14.1. The number of aryl methyl sites for hydroxylation is 1. The van der Waals surface area contributed by atoms with Crippen molar-refractivity contribution in [3.05, 3.63) is 42.0 Å². The topological polar surface area (TPSA) is 68.0 Å². The molecule has 1 aliphatic rings. The molecule has 1 aliphatic carbocycles. The van der Waals surface area contributed by atoms with Crippen molar-refractivity contribution in [2.24, 2.45) is 0 Å². The number of carbonyl (C=O) groups excluding carboxylic acids is 1. The van der Waals surface area contributed by atoms with Gasteiger partial charge in [0.15, 0.2) is 5.82 Å². The van der Waals surface area contributed by atoms with Gasteiger partial charge < -0.3 is 9.84 Å². The number of thioether (sulfide) groups is 1. The normalized spacial score (nSPS) is 16.4. The lowest BCUT2D eigenvalue weighted by Gasteiger charge is -2.26. The molecule has 0 spiro atoms. The van der Waals surface area contributed by atoms with Gasteiger partial charge in [-0.3, -0.25) is 4.79 Å². The molecule has 1 saturated carbocycles. The second-order valence-corrected chi connectivity index (χ2v) is 7.05. The van der Waals surface area contributed by atoms with E-state index in [0.29, 0.717) is 18.1 Å². The first kappa shape index (κ1) is 16.1. The maximum Gasteiger partial charge on any atom is 0.223 e. The van der Waals surface area contributed by atoms with Crippen LogP contribution >= 0.6 is 11.8 Å². The summed E-state index contributed by atoms with van der Waals surface area (Å²) in [5.74, 6) is 1.98. The van der Waals surface area contributed by atoms with E-state index in [-0.39, 0.29) is 5.91 Å². The van der Waals surface area contributed by atoms with E-state index in [0.717, 1.165) is 31.4 Å². The van der Waals surface area contributed by atoms with Crippen molar-refractivity contribution in [3.8, 4) is 0 Å². The molecule has 1 amide bonds. The van der Waals surface area contributed by atoms with E-state index in [4.69, 9.17) is 4.52 Å². The summed E-state index contributed by atoms with van der Waals surface area (Å²) in [5, 5.41) is 7.22. The van der Waals surface area contributed by atoms with Crippen LogP contribution in [0.4, 0.5) is 0 Å². The molecule has 1 fully saturated rings. The second kappa shape index (κ2) is 7.17. The minimum absolute atomic E-state index is 0.0535. The number of hydrogen-bond donors (Lipinski definition) is 1. The molecule has 6 heteroatoms. The Morgan fingerprint density at radius 1 is 1.30 bits per heavy atom. The molecule has 1 aromatic heterocycles. The fraction of sp³-hybridized carbons (Fsp3) is 0.471. The number of carbonyl (C=O) groups is 1. The summed E-state index contributed by atoms with van der Waals surface area (Å²) in [6, 6.07) is 10.1. The largest absolute Gasteiger partial charge is 0.343 e. The van der Waals surface area contributed by atoms with Gasteiger partial charge in [-0.25, -0.2) is 0 Å². The van der Waals surface area contributed by atoms with Crippen LogP contribution in [0.2, 0.25) is 0 Å². The number of aromatic nitrogens is 2. The molecular formula is C17H21N3O2S. The molecule has 0 bridgehead atoms. The zero-order valence-electron chi connectivity index (χ0n) is 13.2. The molecule has 5 nitrogen and oxygen atoms in total. The predicted octanol–water partition coefficient (Wildman–Crippen LogP) is 3.45. The SMILES string of the molecule is Cc1nc(C2(NC(=O)CCSc3ccccc3)CCCC2)no1. The van der Waals surface area contributed by atoms with E-state index in [1.165, 1.54) is 4.90 Å². The molecule has 2 aromatic rings. The highest BCUT2D eigenvalue weighted by Crippen LogP contribution is 2.37. The first-order chi connectivity index (χ1) is 11.2. The number of rotatable bonds is 6. The third kappa shape index (κ3) is 3.93. The molecular weight excluding hydrogens is 310 g/mol. The quantitative estimate of drug-likeness (QED) is 0.821. The zero-order chi connectivity index (χ0) is 16.1. The monoisotopic (exact) mass is 331 g/mol. The van der Waals surface area contributed by atoms with Crippen molar-refractivity contribution >= 4 is 17.7 Å². The Balaban J connectivity index is 1.57. The van der Waals surface area contributed by atoms with Crippen LogP contribution in [0.3, 0.4) is 0 Å². The van der Waals surface area contributed by atoms with Crippen molar-refractivity contribution in [2.75, 3.05) is 5.75 Å². The summed E-state index contributed by atoms with van der Waals surface area (Å²) < 4.78 is 5.11. The van der Waals surface area contributed by atoms with E-state index >= 15 is 0 Å². The van der Waals surface area contributed by atoms with Crippen LogP contribution in [-0.4, -0.2) is 21.8 Å². The number of amides is 1. The van der Waals surface area contributed by atoms with Crippen LogP contribution in [0.1, 0.15) is 43.8 Å². The Morgan fingerprint density at radius 2 is 2.04 bits per heavy atom. The summed E-state index contributed by atoms with van der Waals surface area (Å²) in [4.78, 5) is 17.9. The maximum atomic E-state index is 12.4. The summed E-state index contributed by atoms with van der Waals surface area (Å²) in [5.41, 5.74) is -0.438. The average Bonchev–Trinajstić information content (AvgIpc) is 3.18. The Labute approximate surface area is 140 Å². The van der Waals surface area contributed by atoms with Crippen LogP contribution in [-0.2, 0) is 10.3 Å². The number of benzene rings is 1. The maximum absolute atomic E-state index is 12.4. The fourth-order valence-electron chi connectivity index (χ4n) is 2.98. The standard InChI is InChI=1S/C17H21N3O2S/c1-13-18-16(20-22-13)17(10-5-6-11-17)19-15(21)9-12-23-14-7-3-2-4-8-14/h2-4,7-8H,5-6,9-12H2,1H3,(H,19,21). The smallest absolute Gasteiger partial charge is 0.223 e. The van der Waals surface area contributed by atoms with Gasteiger partial charge in [0.05, 0.1) is 0 Å². The van der Waals surface area contributed by atoms with Crippen LogP contribution < -0.4 is 5.32 Å². The molecule has 0 saturated heterocycles. The molecule has 0 aliphatic heterocycles. The molecule has 122 valence electrons. The average molecular weight is 331 g/mol. The third-order valence-electron chi connectivity index (χ3n) is 4.13. The summed E-state index contributed by atoms with van der Waals surface area (Å²) >= 11 is 1.69. The van der Waals surface area contributed by atoms with E-state index in [9.17, 15) is 4.79 Å². The van der Waals surface area contributed by atoms with Gasteiger partial charge in [-0.2, -0.15) is 4.98 Å². The third-order valence-corrected chi connectivity index (χ3v) is 5.15. The van der Waals surface area contributed by atoms with Gasteiger partial charge in [-0.15, -0.1) is 11.8 Å². The minimum Gasteiger partial charge on any atom is -0.343 e. The van der Waals surface area contributed by atoms with Crippen LogP contribution in [0, 0.1) is 6.92 Å². The van der Waals surface area contributed by atoms with Crippen molar-refractivity contribution in [1.82, 2.24) is 15.5 Å². The predicted molar refractivity (Wildman–Crippen MR) is 89.1 cm³/mol. The van der Waals surface area contributed by atoms with Gasteiger partial charge in [0.1, 0.15) is 5.54 Å². The fourth-order valence-corrected chi connectivity index (χ4v) is 3.86. The lowest BCUT2D eigenvalue weighted by molar-refractivity contribution is -0.122. The Kier molecular flexibility index (Phi) is 5.00. The number of nitrogens with one attached hydrogen (secondary N) is 1. The highest BCUT2D eigenvalue weighted by atomic mass is 32.2. The summed E-state index contributed by atoms with van der Waals surface area (Å²) in [7, 11) is 0. The van der Waals surface area contributed by atoms with Gasteiger partial charge in [0.2, 0.25) is 11.8 Å². The summed E-state index contributed by atoms with van der Waals surface area (Å²) in [6.45, 7) is 1.78. The van der Waals surface area contributed by atoms with E-state index < -0.39 is 5.54 Å². The molecule has 3 rings (SSSR count). The highest BCUT2D eigenvalue weighted by Gasteiger charge is 2.41. The van der Waals surface area contributed by atoms with Gasteiger partial charge in [0, 0.05) is 24.0 Å². The van der Waals surface area contributed by atoms with Crippen molar-refractivity contribution in [2.45, 2.75) is 49.5 Å². The van der Waals surface area contributed by atoms with Crippen molar-refractivity contribution in [3.63, 3.8) is 0 Å². The molecule has 1 N–H and O–H groups in total. The van der Waals surface area contributed by atoms with E-state index in [1.807, 2.05) is 18.2 Å². The van der Waals surface area contributed by atoms with E-state index in [2.05, 4.69) is 27.6 Å². The van der Waals surface area contributed by atoms with Crippen LogP contribution in [0.15, 0.2) is 39.8 Å². The minimum atomic E-state index is -0.438. The van der Waals surface area contributed by atoms with Gasteiger partial charge in [0.25, 0.3) is 0 Å². The second-order valence-electron chi connectivity index (χ2n) is 5.89. The van der Waals surface area contributed by atoms with Gasteiger partial charge >= 0.3 is 0 Å².